The van der Waals surface area contributed by atoms with Crippen LogP contribution in [0, 0.1) is 12.7 Å². The summed E-state index contributed by atoms with van der Waals surface area (Å²) in [4.78, 5) is 12.1. The van der Waals surface area contributed by atoms with Crippen molar-refractivity contribution in [3.05, 3.63) is 71.0 Å². The molecule has 21 heavy (non-hydrogen) atoms. The zero-order chi connectivity index (χ0) is 15.2. The van der Waals surface area contributed by atoms with Gasteiger partial charge in [0.1, 0.15) is 5.82 Å². The summed E-state index contributed by atoms with van der Waals surface area (Å²) in [5, 5.41) is 12.1. The van der Waals surface area contributed by atoms with E-state index < -0.39 is 11.9 Å². The molecular formula is C17H18FNO2. The van der Waals surface area contributed by atoms with E-state index >= 15 is 0 Å². The monoisotopic (exact) mass is 287 g/mol. The number of carbonyl (C=O) groups is 1. The van der Waals surface area contributed by atoms with Gasteiger partial charge in [-0.3, -0.25) is 4.79 Å². The molecule has 2 aromatic rings. The van der Waals surface area contributed by atoms with Crippen LogP contribution in [0.25, 0.3) is 0 Å². The Morgan fingerprint density at radius 2 is 1.95 bits per heavy atom. The van der Waals surface area contributed by atoms with Crippen molar-refractivity contribution in [2.75, 3.05) is 6.61 Å². The van der Waals surface area contributed by atoms with Gasteiger partial charge in [0.2, 0.25) is 0 Å². The third-order valence-corrected chi connectivity index (χ3v) is 3.18. The molecule has 0 aliphatic rings. The Morgan fingerprint density at radius 1 is 1.24 bits per heavy atom. The highest BCUT2D eigenvalue weighted by molar-refractivity contribution is 5.94. The second kappa shape index (κ2) is 6.99. The van der Waals surface area contributed by atoms with Crippen LogP contribution in [0.5, 0.6) is 0 Å². The molecule has 1 unspecified atom stereocenters. The summed E-state index contributed by atoms with van der Waals surface area (Å²) < 4.78 is 13.3. The van der Waals surface area contributed by atoms with Gasteiger partial charge in [-0.1, -0.05) is 30.3 Å². The first-order valence-electron chi connectivity index (χ1n) is 6.81. The maximum Gasteiger partial charge on any atom is 0.251 e. The summed E-state index contributed by atoms with van der Waals surface area (Å²) in [6, 6.07) is 13.4. The maximum atomic E-state index is 13.3. The first-order valence-corrected chi connectivity index (χ1v) is 6.81. The molecular weight excluding hydrogens is 269 g/mol. The third-order valence-electron chi connectivity index (χ3n) is 3.18. The number of rotatable bonds is 5. The van der Waals surface area contributed by atoms with Gasteiger partial charge in [-0.05, 0) is 42.7 Å². The number of aliphatic hydroxyl groups is 1. The molecule has 0 bridgehead atoms. The fourth-order valence-corrected chi connectivity index (χ4v) is 2.20. The number of hydrogen-bond acceptors (Lipinski definition) is 2. The average Bonchev–Trinajstić information content (AvgIpc) is 2.46. The number of nitrogens with one attached hydrogen (secondary N) is 1. The molecule has 0 fully saturated rings. The van der Waals surface area contributed by atoms with Gasteiger partial charge in [-0.25, -0.2) is 4.39 Å². The Morgan fingerprint density at radius 3 is 2.57 bits per heavy atom. The number of aliphatic hydroxyl groups excluding tert-OH is 1. The van der Waals surface area contributed by atoms with Crippen LogP contribution >= 0.6 is 0 Å². The van der Waals surface area contributed by atoms with Crippen molar-refractivity contribution in [1.82, 2.24) is 5.32 Å². The SMILES string of the molecule is Cc1cc(F)cc(C(=O)NC(CO)Cc2ccccc2)c1. The lowest BCUT2D eigenvalue weighted by Gasteiger charge is -2.16. The number of hydrogen-bond donors (Lipinski definition) is 2. The van der Waals surface area contributed by atoms with E-state index in [-0.39, 0.29) is 18.1 Å². The van der Waals surface area contributed by atoms with Crippen molar-refractivity contribution in [3.63, 3.8) is 0 Å². The molecule has 2 aromatic carbocycles. The second-order valence-electron chi connectivity index (χ2n) is 5.06. The molecule has 0 saturated heterocycles. The van der Waals surface area contributed by atoms with Gasteiger partial charge < -0.3 is 10.4 Å². The van der Waals surface area contributed by atoms with E-state index in [0.29, 0.717) is 12.0 Å². The van der Waals surface area contributed by atoms with Gasteiger partial charge >= 0.3 is 0 Å². The van der Waals surface area contributed by atoms with Gasteiger partial charge in [0.15, 0.2) is 0 Å². The van der Waals surface area contributed by atoms with Crippen molar-refractivity contribution >= 4 is 5.91 Å². The number of amides is 1. The Labute approximate surface area is 123 Å². The molecule has 0 heterocycles. The molecule has 0 spiro atoms. The molecule has 110 valence electrons. The number of aryl methyl sites for hydroxylation is 1. The summed E-state index contributed by atoms with van der Waals surface area (Å²) in [5.41, 5.74) is 1.97. The Bertz CT molecular complexity index is 593. The zero-order valence-corrected chi connectivity index (χ0v) is 11.8. The van der Waals surface area contributed by atoms with E-state index in [1.54, 1.807) is 13.0 Å². The van der Waals surface area contributed by atoms with E-state index in [2.05, 4.69) is 5.32 Å². The van der Waals surface area contributed by atoms with Crippen LogP contribution in [-0.4, -0.2) is 23.7 Å². The topological polar surface area (TPSA) is 49.3 Å². The van der Waals surface area contributed by atoms with Crippen LogP contribution < -0.4 is 5.32 Å². The zero-order valence-electron chi connectivity index (χ0n) is 11.8. The Hall–Kier alpha value is -2.20. The molecule has 1 amide bonds. The summed E-state index contributed by atoms with van der Waals surface area (Å²) in [7, 11) is 0. The van der Waals surface area contributed by atoms with Crippen LogP contribution in [0.4, 0.5) is 4.39 Å². The minimum atomic E-state index is -0.441. The van der Waals surface area contributed by atoms with Crippen molar-refractivity contribution in [1.29, 1.82) is 0 Å². The molecule has 0 saturated carbocycles. The normalized spacial score (nSPS) is 12.0. The van der Waals surface area contributed by atoms with E-state index in [0.717, 1.165) is 5.56 Å². The van der Waals surface area contributed by atoms with Crippen molar-refractivity contribution in [2.24, 2.45) is 0 Å². The second-order valence-corrected chi connectivity index (χ2v) is 5.06. The molecule has 1 atom stereocenters. The standard InChI is InChI=1S/C17H18FNO2/c1-12-7-14(10-15(18)8-12)17(21)19-16(11-20)9-13-5-3-2-4-6-13/h2-8,10,16,20H,9,11H2,1H3,(H,19,21). The highest BCUT2D eigenvalue weighted by Gasteiger charge is 2.14. The van der Waals surface area contributed by atoms with Crippen LogP contribution in [0.1, 0.15) is 21.5 Å². The largest absolute Gasteiger partial charge is 0.394 e. The third kappa shape index (κ3) is 4.39. The highest BCUT2D eigenvalue weighted by Crippen LogP contribution is 2.09. The fraction of sp³-hybridized carbons (Fsp3) is 0.235. The summed E-state index contributed by atoms with van der Waals surface area (Å²) in [5.74, 6) is -0.823. The lowest BCUT2D eigenvalue weighted by atomic mass is 10.1. The molecule has 4 heteroatoms. The minimum absolute atomic E-state index is 0.172. The first-order chi connectivity index (χ1) is 10.1. The highest BCUT2D eigenvalue weighted by atomic mass is 19.1. The lowest BCUT2D eigenvalue weighted by Crippen LogP contribution is -2.39. The summed E-state index contributed by atoms with van der Waals surface area (Å²) in [6.45, 7) is 1.56. The molecule has 2 N–H and O–H groups in total. The maximum absolute atomic E-state index is 13.3. The van der Waals surface area contributed by atoms with E-state index in [9.17, 15) is 14.3 Å². The predicted octanol–water partition coefficient (Wildman–Crippen LogP) is 2.47. The van der Waals surface area contributed by atoms with Crippen molar-refractivity contribution < 1.29 is 14.3 Å². The van der Waals surface area contributed by atoms with Gasteiger partial charge in [0, 0.05) is 5.56 Å². The van der Waals surface area contributed by atoms with Gasteiger partial charge in [0.05, 0.1) is 12.6 Å². The molecule has 0 aliphatic carbocycles. The molecule has 0 radical (unpaired) electrons. The van der Waals surface area contributed by atoms with Crippen molar-refractivity contribution in [2.45, 2.75) is 19.4 Å². The van der Waals surface area contributed by atoms with Gasteiger partial charge in [-0.2, -0.15) is 0 Å². The van der Waals surface area contributed by atoms with E-state index in [1.807, 2.05) is 30.3 Å². The lowest BCUT2D eigenvalue weighted by molar-refractivity contribution is 0.0916. The molecule has 2 rings (SSSR count). The van der Waals surface area contributed by atoms with E-state index in [4.69, 9.17) is 0 Å². The van der Waals surface area contributed by atoms with Gasteiger partial charge in [-0.15, -0.1) is 0 Å². The van der Waals surface area contributed by atoms with Crippen LogP contribution in [0.2, 0.25) is 0 Å². The number of benzene rings is 2. The smallest absolute Gasteiger partial charge is 0.251 e. The Kier molecular flexibility index (Phi) is 5.06. The first kappa shape index (κ1) is 15.2. The summed E-state index contributed by atoms with van der Waals surface area (Å²) >= 11 is 0. The molecule has 0 aliphatic heterocycles. The number of carbonyl (C=O) groups excluding carboxylic acids is 1. The van der Waals surface area contributed by atoms with Crippen molar-refractivity contribution in [3.8, 4) is 0 Å². The fourth-order valence-electron chi connectivity index (χ4n) is 2.20. The Balaban J connectivity index is 2.05. The van der Waals surface area contributed by atoms with Crippen LogP contribution in [-0.2, 0) is 6.42 Å². The minimum Gasteiger partial charge on any atom is -0.394 e. The van der Waals surface area contributed by atoms with Gasteiger partial charge in [0.25, 0.3) is 5.91 Å². The average molecular weight is 287 g/mol. The molecule has 0 aromatic heterocycles. The van der Waals surface area contributed by atoms with E-state index in [1.165, 1.54) is 12.1 Å². The van der Waals surface area contributed by atoms with Crippen LogP contribution in [0.15, 0.2) is 48.5 Å². The number of halogens is 1. The quantitative estimate of drug-likeness (QED) is 0.887. The predicted molar refractivity (Wildman–Crippen MR) is 79.6 cm³/mol. The molecule has 3 nitrogen and oxygen atoms in total. The van der Waals surface area contributed by atoms with Crippen LogP contribution in [0.3, 0.4) is 0 Å². The summed E-state index contributed by atoms with van der Waals surface area (Å²) in [6.07, 6.45) is 0.525.